The van der Waals surface area contributed by atoms with Crippen molar-refractivity contribution in [3.63, 3.8) is 0 Å². The van der Waals surface area contributed by atoms with Crippen LogP contribution in [-0.4, -0.2) is 46.9 Å². The number of aliphatic hydroxyl groups is 1. The maximum absolute atomic E-state index is 9.58. The lowest BCUT2D eigenvalue weighted by molar-refractivity contribution is 0.0140. The Morgan fingerprint density at radius 3 is 2.64 bits per heavy atom. The van der Waals surface area contributed by atoms with Crippen molar-refractivity contribution < 1.29 is 24.4 Å². The van der Waals surface area contributed by atoms with Crippen LogP contribution in [0.2, 0.25) is 0 Å². The maximum atomic E-state index is 9.58. The molecule has 1 saturated heterocycles. The summed E-state index contributed by atoms with van der Waals surface area (Å²) in [7, 11) is 1.11. The van der Waals surface area contributed by atoms with Gasteiger partial charge in [-0.25, -0.2) is 0 Å². The average Bonchev–Trinajstić information content (AvgIpc) is 2.42. The topological polar surface area (TPSA) is 79.2 Å². The Kier molecular flexibility index (Phi) is 4.29. The normalized spacial score (nSPS) is 34.1. The minimum absolute atomic E-state index is 0.302. The number of hydrogen-bond acceptors (Lipinski definition) is 3. The van der Waals surface area contributed by atoms with Gasteiger partial charge in [-0.05, 0) is 11.9 Å². The molecule has 0 amide bonds. The molecule has 14 heavy (non-hydrogen) atoms. The minimum atomic E-state index is -3.13. The molecule has 5 nitrogen and oxygen atoms in total. The molecule has 0 radical (unpaired) electrons. The Bertz CT molecular complexity index is 261. The molecule has 0 saturated carbocycles. The van der Waals surface area contributed by atoms with Crippen molar-refractivity contribution in [3.8, 4) is 0 Å². The molecule has 1 fully saturated rings. The van der Waals surface area contributed by atoms with Crippen LogP contribution < -0.4 is 0 Å². The van der Waals surface area contributed by atoms with E-state index in [1.165, 1.54) is 19.0 Å². The number of aliphatic hydroxyl groups excluding tert-OH is 1. The summed E-state index contributed by atoms with van der Waals surface area (Å²) in [5.74, 6) is 1.19. The van der Waals surface area contributed by atoms with Crippen molar-refractivity contribution in [2.45, 2.75) is 18.3 Å². The molecule has 0 aliphatic carbocycles. The highest BCUT2D eigenvalue weighted by Crippen LogP contribution is 2.43. The lowest BCUT2D eigenvalue weighted by Crippen LogP contribution is -2.30. The summed E-state index contributed by atoms with van der Waals surface area (Å²) in [6.07, 6.45) is -0.251. The van der Waals surface area contributed by atoms with Gasteiger partial charge in [-0.3, -0.25) is 0 Å². The van der Waals surface area contributed by atoms with E-state index in [1.807, 2.05) is 0 Å². The molecule has 1 unspecified atom stereocenters. The lowest BCUT2D eigenvalue weighted by Gasteiger charge is -2.13. The molecule has 7 heteroatoms. The quantitative estimate of drug-likeness (QED) is 0.612. The van der Waals surface area contributed by atoms with Crippen LogP contribution in [0.1, 0.15) is 0 Å². The predicted octanol–water partition coefficient (Wildman–Crippen LogP) is 0.165. The van der Waals surface area contributed by atoms with Gasteiger partial charge in [0.05, 0.1) is 6.61 Å². The summed E-state index contributed by atoms with van der Waals surface area (Å²) in [6, 6.07) is 0. The van der Waals surface area contributed by atoms with Crippen LogP contribution in [0, 0.1) is 0 Å². The Labute approximate surface area is 84.5 Å². The van der Waals surface area contributed by atoms with Gasteiger partial charge in [-0.15, -0.1) is 0 Å². The van der Waals surface area contributed by atoms with Crippen molar-refractivity contribution in [3.05, 3.63) is 11.9 Å². The fourth-order valence-electron chi connectivity index (χ4n) is 1.20. The average molecular weight is 240 g/mol. The van der Waals surface area contributed by atoms with Crippen LogP contribution in [0.15, 0.2) is 11.9 Å². The summed E-state index contributed by atoms with van der Waals surface area (Å²) < 4.78 is 10.1. The third-order valence-corrected chi connectivity index (χ3v) is 2.99. The summed E-state index contributed by atoms with van der Waals surface area (Å²) >= 11 is 0. The first-order chi connectivity index (χ1) is 6.44. The fourth-order valence-corrected chi connectivity index (χ4v) is 1.86. The molecule has 1 rings (SSSR count). The van der Waals surface area contributed by atoms with Crippen molar-refractivity contribution >= 4 is 15.5 Å². The third kappa shape index (κ3) is 3.44. The molecule has 1 aliphatic heterocycles. The number of hydrogen-bond donors (Lipinski definition) is 3. The molecule has 1 heterocycles. The molecule has 3 atom stereocenters. The van der Waals surface area contributed by atoms with Crippen LogP contribution >= 0.6 is 15.5 Å². The highest BCUT2D eigenvalue weighted by Gasteiger charge is 2.34. The van der Waals surface area contributed by atoms with Crippen molar-refractivity contribution in [1.82, 2.24) is 0 Å². The molecule has 0 aromatic heterocycles. The van der Waals surface area contributed by atoms with E-state index >= 15 is 0 Å². The van der Waals surface area contributed by atoms with E-state index in [4.69, 9.17) is 19.3 Å². The smallest absolute Gasteiger partial charge is 0.160 e. The second-order valence-corrected chi connectivity index (χ2v) is 6.63. The number of methoxy groups -OCH3 is 1. The van der Waals surface area contributed by atoms with Gasteiger partial charge in [-0.1, -0.05) is 8.53 Å². The Balaban J connectivity index is 2.56. The molecular formula is C7H14O5P2. The van der Waals surface area contributed by atoms with Gasteiger partial charge in [0, 0.05) is 7.11 Å². The number of ether oxygens (including phenoxy) is 2. The highest BCUT2D eigenvalue weighted by atomic mass is 31.8. The second kappa shape index (κ2) is 4.86. The second-order valence-electron chi connectivity index (χ2n) is 3.05. The van der Waals surface area contributed by atoms with E-state index in [0.29, 0.717) is 6.61 Å². The minimum Gasteiger partial charge on any atom is -0.387 e. The monoisotopic (exact) mass is 240 g/mol. The van der Waals surface area contributed by atoms with E-state index in [0.717, 1.165) is 0 Å². The summed E-state index contributed by atoms with van der Waals surface area (Å²) in [5.41, 5.74) is 0. The van der Waals surface area contributed by atoms with Crippen molar-refractivity contribution in [2.75, 3.05) is 13.7 Å². The largest absolute Gasteiger partial charge is 0.387 e. The predicted molar refractivity (Wildman–Crippen MR) is 55.4 cm³/mol. The van der Waals surface area contributed by atoms with Crippen molar-refractivity contribution in [1.29, 1.82) is 0 Å². The van der Waals surface area contributed by atoms with E-state index < -0.39 is 19.2 Å². The zero-order valence-corrected chi connectivity index (χ0v) is 9.59. The zero-order chi connectivity index (χ0) is 10.8. The Morgan fingerprint density at radius 1 is 1.57 bits per heavy atom. The lowest BCUT2D eigenvalue weighted by atomic mass is 10.1. The zero-order valence-electron chi connectivity index (χ0n) is 7.70. The van der Waals surface area contributed by atoms with Gasteiger partial charge in [0.2, 0.25) is 0 Å². The molecule has 82 valence electrons. The van der Waals surface area contributed by atoms with Crippen LogP contribution in [0.3, 0.4) is 0 Å². The fraction of sp³-hybridized carbons (Fsp3) is 0.714. The first-order valence-corrected chi connectivity index (χ1v) is 7.16. The van der Waals surface area contributed by atoms with Gasteiger partial charge < -0.3 is 24.4 Å². The molecule has 0 aromatic rings. The Hall–Kier alpha value is 0.270. The first-order valence-electron chi connectivity index (χ1n) is 4.05. The molecule has 0 bridgehead atoms. The van der Waals surface area contributed by atoms with Gasteiger partial charge in [-0.2, -0.15) is 0 Å². The van der Waals surface area contributed by atoms with Crippen molar-refractivity contribution in [2.24, 2.45) is 0 Å². The summed E-state index contributed by atoms with van der Waals surface area (Å²) in [6.45, 7) is 0.302. The standard InChI is InChI=1S/C7H14O5P2/c1-11-6-4-12-5(7(6)8)2-3-14(9,10)13/h2-3,5-10,13H,4H2,1H3/b3-2+/t5-,6-,7?/m1/s1. The van der Waals surface area contributed by atoms with Gasteiger partial charge in [0.1, 0.15) is 18.3 Å². The summed E-state index contributed by atoms with van der Waals surface area (Å²) in [5, 5.41) is 9.58. The van der Waals surface area contributed by atoms with Crippen LogP contribution in [0.5, 0.6) is 0 Å². The molecular weight excluding hydrogens is 226 g/mol. The van der Waals surface area contributed by atoms with Gasteiger partial charge in [0.25, 0.3) is 0 Å². The third-order valence-electron chi connectivity index (χ3n) is 1.96. The molecule has 0 spiro atoms. The Morgan fingerprint density at radius 2 is 2.21 bits per heavy atom. The van der Waals surface area contributed by atoms with E-state index in [-0.39, 0.29) is 6.10 Å². The first kappa shape index (κ1) is 12.3. The van der Waals surface area contributed by atoms with E-state index in [9.17, 15) is 5.11 Å². The molecule has 3 N–H and O–H groups in total. The molecule has 1 aliphatic rings. The summed E-state index contributed by atoms with van der Waals surface area (Å²) in [4.78, 5) is 18.0. The van der Waals surface area contributed by atoms with Crippen LogP contribution in [0.4, 0.5) is 0 Å². The molecule has 0 aromatic carbocycles. The highest BCUT2D eigenvalue weighted by molar-refractivity contribution is 7.93. The SMILES string of the molecule is CO[C@@H]1CO[C@H](/C=C/P(O)(O)=P)C1O. The van der Waals surface area contributed by atoms with Gasteiger partial charge in [0.15, 0.2) is 7.00 Å². The van der Waals surface area contributed by atoms with E-state index in [2.05, 4.69) is 8.53 Å². The maximum Gasteiger partial charge on any atom is 0.160 e. The van der Waals surface area contributed by atoms with Gasteiger partial charge >= 0.3 is 0 Å². The van der Waals surface area contributed by atoms with Crippen LogP contribution in [0.25, 0.3) is 0 Å². The van der Waals surface area contributed by atoms with E-state index in [1.54, 1.807) is 0 Å². The van der Waals surface area contributed by atoms with Crippen LogP contribution in [-0.2, 0) is 9.47 Å². The number of rotatable bonds is 3.